The molecule has 2 N–H and O–H groups in total. The van der Waals surface area contributed by atoms with Crippen LogP contribution in [-0.2, 0) is 17.9 Å². The third-order valence-electron chi connectivity index (χ3n) is 4.73. The van der Waals surface area contributed by atoms with Crippen molar-refractivity contribution in [3.8, 4) is 17.3 Å². The number of anilines is 1. The Morgan fingerprint density at radius 1 is 1.11 bits per heavy atom. The molecule has 1 aromatic heterocycles. The van der Waals surface area contributed by atoms with Gasteiger partial charge in [0.25, 0.3) is 0 Å². The maximum atomic E-state index is 12.8. The molecule has 0 fully saturated rings. The van der Waals surface area contributed by atoms with E-state index < -0.39 is 24.8 Å². The Balaban J connectivity index is 0.00000235. The lowest BCUT2D eigenvalue weighted by molar-refractivity contribution is -0.274. The van der Waals surface area contributed by atoms with Gasteiger partial charge < -0.3 is 19.5 Å². The summed E-state index contributed by atoms with van der Waals surface area (Å²) in [5.41, 5.74) is 1.76. The topological polar surface area (TPSA) is 86.6 Å². The molecule has 8 nitrogen and oxygen atoms in total. The number of halogens is 4. The molecule has 12 heteroatoms. The first-order valence-corrected chi connectivity index (χ1v) is 11.5. The van der Waals surface area contributed by atoms with Gasteiger partial charge in [0.05, 0.1) is 17.9 Å². The molecule has 0 bridgehead atoms. The predicted molar refractivity (Wildman–Crippen MR) is 131 cm³/mol. The Morgan fingerprint density at radius 2 is 1.81 bits per heavy atom. The van der Waals surface area contributed by atoms with Gasteiger partial charge >= 0.3 is 12.4 Å². The molecule has 3 aromatic rings. The van der Waals surface area contributed by atoms with Gasteiger partial charge in [0.2, 0.25) is 5.88 Å². The van der Waals surface area contributed by atoms with E-state index in [1.54, 1.807) is 37.3 Å². The van der Waals surface area contributed by atoms with Crippen LogP contribution in [0.5, 0.6) is 11.6 Å². The van der Waals surface area contributed by atoms with E-state index in [1.165, 1.54) is 30.0 Å². The zero-order chi connectivity index (χ0) is 27.4. The highest BCUT2D eigenvalue weighted by Crippen LogP contribution is 2.29. The van der Waals surface area contributed by atoms with Gasteiger partial charge in [-0.2, -0.15) is 0 Å². The number of hydrogen-bond donors (Lipinski definition) is 2. The Hall–Kier alpha value is -3.80. The molecule has 0 saturated carbocycles. The molecule has 0 aliphatic heterocycles. The fourth-order valence-corrected chi connectivity index (χ4v) is 3.23. The molecule has 0 aliphatic carbocycles. The van der Waals surface area contributed by atoms with Crippen LogP contribution in [0.3, 0.4) is 0 Å². The number of methoxy groups -OCH3 is 1. The Bertz CT molecular complexity index is 1140. The number of nitrogens with zero attached hydrogens (tertiary/aromatic N) is 2. The third kappa shape index (κ3) is 8.67. The van der Waals surface area contributed by atoms with Crippen LogP contribution in [0.4, 0.5) is 28.2 Å². The summed E-state index contributed by atoms with van der Waals surface area (Å²) < 4.78 is 66.9. The van der Waals surface area contributed by atoms with Crippen molar-refractivity contribution in [2.45, 2.75) is 40.3 Å². The molecule has 3 rings (SSSR count). The van der Waals surface area contributed by atoms with Crippen molar-refractivity contribution in [3.05, 3.63) is 65.2 Å². The van der Waals surface area contributed by atoms with Crippen molar-refractivity contribution >= 4 is 11.8 Å². The molecule has 202 valence electrons. The lowest BCUT2D eigenvalue weighted by atomic mass is 10.1. The van der Waals surface area contributed by atoms with Crippen molar-refractivity contribution in [3.63, 3.8) is 0 Å². The number of amides is 2. The number of hydrogen-bond acceptors (Lipinski definition) is 5. The van der Waals surface area contributed by atoms with Gasteiger partial charge in [-0.25, -0.2) is 13.9 Å². The zero-order valence-electron chi connectivity index (χ0n) is 21.0. The van der Waals surface area contributed by atoms with Crippen LogP contribution < -0.4 is 20.1 Å². The summed E-state index contributed by atoms with van der Waals surface area (Å²) >= 11 is 0. The molecule has 0 aliphatic rings. The quantitative estimate of drug-likeness (QED) is 0.320. The maximum Gasteiger partial charge on any atom is 0.573 e. The molecule has 2 amide bonds. The molecule has 0 atom stereocenters. The van der Waals surface area contributed by atoms with Gasteiger partial charge in [-0.3, -0.25) is 5.32 Å². The summed E-state index contributed by atoms with van der Waals surface area (Å²) in [4.78, 5) is 12.7. The molecule has 2 aromatic carbocycles. The van der Waals surface area contributed by atoms with E-state index in [2.05, 4.69) is 20.5 Å². The lowest BCUT2D eigenvalue weighted by Gasteiger charge is -2.16. The minimum absolute atomic E-state index is 0.104. The fourth-order valence-electron chi connectivity index (χ4n) is 3.23. The fraction of sp³-hybridized carbons (Fsp3) is 0.360. The summed E-state index contributed by atoms with van der Waals surface area (Å²) in [6.45, 7) is 4.61. The van der Waals surface area contributed by atoms with Crippen LogP contribution in [0, 0.1) is 6.92 Å². The van der Waals surface area contributed by atoms with Crippen LogP contribution in [-0.4, -0.2) is 42.6 Å². The van der Waals surface area contributed by atoms with E-state index in [0.29, 0.717) is 16.8 Å². The van der Waals surface area contributed by atoms with E-state index in [9.17, 15) is 22.4 Å². The molecule has 0 saturated heterocycles. The smallest absolute Gasteiger partial charge is 0.474 e. The molecule has 0 unspecified atom stereocenters. The van der Waals surface area contributed by atoms with Gasteiger partial charge in [0.15, 0.2) is 0 Å². The number of ether oxygens (including phenoxy) is 3. The SMILES string of the molecule is CC.COCc1ccc(OC(F)(F)F)c(CNC(=O)Nc2c(C)c(OCCF)nn2-c2ccccc2)c1. The predicted octanol–water partition coefficient (Wildman–Crippen LogP) is 5.92. The highest BCUT2D eigenvalue weighted by molar-refractivity contribution is 5.89. The standard InChI is InChI=1S/C23H24F4N4O4.C2H6/c1-15-20(31(18-6-4-3-5-7-18)30-21(15)34-11-10-24)29-22(32)28-13-17-12-16(14-33-2)8-9-19(17)35-23(25,26)27;1-2/h3-9,12H,10-11,13-14H2,1-2H3,(H2,28,29,32);1-2H3. The molecule has 0 radical (unpaired) electrons. The Morgan fingerprint density at radius 3 is 2.43 bits per heavy atom. The normalized spacial score (nSPS) is 10.8. The summed E-state index contributed by atoms with van der Waals surface area (Å²) in [6, 6.07) is 12.2. The first-order chi connectivity index (χ1) is 17.7. The molecule has 37 heavy (non-hydrogen) atoms. The second-order valence-electron chi connectivity index (χ2n) is 7.29. The second kappa shape index (κ2) is 14.1. The van der Waals surface area contributed by atoms with Gasteiger partial charge in [0.1, 0.15) is 24.8 Å². The highest BCUT2D eigenvalue weighted by Gasteiger charge is 2.32. The number of rotatable bonds is 10. The van der Waals surface area contributed by atoms with Crippen molar-refractivity contribution in [2.24, 2.45) is 0 Å². The van der Waals surface area contributed by atoms with E-state index >= 15 is 0 Å². The van der Waals surface area contributed by atoms with Crippen molar-refractivity contribution in [2.75, 3.05) is 25.7 Å². The number of urea groups is 1. The number of nitrogens with one attached hydrogen (secondary N) is 2. The first kappa shape index (κ1) is 29.4. The van der Waals surface area contributed by atoms with Crippen LogP contribution in [0.2, 0.25) is 0 Å². The monoisotopic (exact) mass is 526 g/mol. The van der Waals surface area contributed by atoms with Gasteiger partial charge in [0, 0.05) is 19.2 Å². The minimum Gasteiger partial charge on any atom is -0.474 e. The van der Waals surface area contributed by atoms with Crippen molar-refractivity contribution < 1.29 is 36.6 Å². The molecular weight excluding hydrogens is 496 g/mol. The van der Waals surface area contributed by atoms with Crippen LogP contribution in [0.1, 0.15) is 30.5 Å². The first-order valence-electron chi connectivity index (χ1n) is 11.5. The second-order valence-corrected chi connectivity index (χ2v) is 7.29. The number of aromatic nitrogens is 2. The largest absolute Gasteiger partial charge is 0.573 e. The van der Waals surface area contributed by atoms with Crippen LogP contribution in [0.25, 0.3) is 5.69 Å². The highest BCUT2D eigenvalue weighted by atomic mass is 19.4. The van der Waals surface area contributed by atoms with Crippen molar-refractivity contribution in [1.82, 2.24) is 15.1 Å². The minimum atomic E-state index is -4.89. The van der Waals surface area contributed by atoms with Gasteiger partial charge in [-0.05, 0) is 36.8 Å². The van der Waals surface area contributed by atoms with E-state index in [1.807, 2.05) is 13.8 Å². The average Bonchev–Trinajstić information content (AvgIpc) is 3.18. The van der Waals surface area contributed by atoms with Gasteiger partial charge in [-0.1, -0.05) is 38.1 Å². The van der Waals surface area contributed by atoms with Crippen LogP contribution in [0.15, 0.2) is 48.5 Å². The number of alkyl halides is 4. The summed E-state index contributed by atoms with van der Waals surface area (Å²) in [7, 11) is 1.45. The van der Waals surface area contributed by atoms with E-state index in [4.69, 9.17) is 9.47 Å². The number of carbonyl (C=O) groups excluding carboxylic acids is 1. The number of carbonyl (C=O) groups is 1. The summed E-state index contributed by atoms with van der Waals surface area (Å²) in [5, 5.41) is 9.46. The average molecular weight is 527 g/mol. The van der Waals surface area contributed by atoms with Gasteiger partial charge in [-0.15, -0.1) is 18.3 Å². The Labute approximate surface area is 212 Å². The van der Waals surface area contributed by atoms with E-state index in [0.717, 1.165) is 0 Å². The summed E-state index contributed by atoms with van der Waals surface area (Å²) in [5.74, 6) is -0.0533. The third-order valence-corrected chi connectivity index (χ3v) is 4.73. The zero-order valence-corrected chi connectivity index (χ0v) is 21.0. The molecular formula is C25H30F4N4O4. The molecule has 1 heterocycles. The Kier molecular flexibility index (Phi) is 11.2. The van der Waals surface area contributed by atoms with Crippen molar-refractivity contribution in [1.29, 1.82) is 0 Å². The number of para-hydroxylation sites is 1. The number of benzene rings is 2. The molecule has 0 spiro atoms. The van der Waals surface area contributed by atoms with E-state index in [-0.39, 0.29) is 37.0 Å². The lowest BCUT2D eigenvalue weighted by Crippen LogP contribution is -2.30. The summed E-state index contributed by atoms with van der Waals surface area (Å²) in [6.07, 6.45) is -4.89. The van der Waals surface area contributed by atoms with Crippen LogP contribution >= 0.6 is 0 Å². The maximum absolute atomic E-state index is 12.8.